The van der Waals surface area contributed by atoms with Gasteiger partial charge in [0.25, 0.3) is 5.91 Å². The van der Waals surface area contributed by atoms with E-state index >= 15 is 0 Å². The molecule has 1 aliphatic rings. The molecule has 1 saturated carbocycles. The molecule has 0 bridgehead atoms. The fraction of sp³-hybridized carbons (Fsp3) is 0.500. The topological polar surface area (TPSA) is 59.3 Å². The van der Waals surface area contributed by atoms with Gasteiger partial charge in [-0.1, -0.05) is 6.42 Å². The van der Waals surface area contributed by atoms with Crippen LogP contribution in [0.3, 0.4) is 0 Å². The van der Waals surface area contributed by atoms with Crippen LogP contribution < -0.4 is 5.32 Å². The molecular weight excluding hydrogens is 206 g/mol. The summed E-state index contributed by atoms with van der Waals surface area (Å²) in [5, 5.41) is 2.73. The first-order valence-corrected chi connectivity index (χ1v) is 5.62. The minimum Gasteiger partial charge on any atom is -0.459 e. The molecule has 0 aromatic carbocycles. The monoisotopic (exact) mass is 221 g/mol. The number of nitrogens with one attached hydrogen (secondary N) is 1. The molecule has 1 atom stereocenters. The molecule has 0 radical (unpaired) electrons. The first-order chi connectivity index (χ1) is 7.77. The molecule has 1 amide bonds. The van der Waals surface area contributed by atoms with Gasteiger partial charge >= 0.3 is 0 Å². The summed E-state index contributed by atoms with van der Waals surface area (Å²) in [7, 11) is 0. The Balaban J connectivity index is 1.83. The van der Waals surface area contributed by atoms with Gasteiger partial charge in [0.1, 0.15) is 5.78 Å². The van der Waals surface area contributed by atoms with Crippen LogP contribution in [0.25, 0.3) is 0 Å². The van der Waals surface area contributed by atoms with Crippen molar-refractivity contribution in [2.45, 2.75) is 25.7 Å². The predicted molar refractivity (Wildman–Crippen MR) is 58.0 cm³/mol. The molecule has 4 heteroatoms. The number of hydrogen-bond acceptors (Lipinski definition) is 3. The third kappa shape index (κ3) is 2.51. The molecule has 16 heavy (non-hydrogen) atoms. The molecule has 86 valence electrons. The van der Waals surface area contributed by atoms with Gasteiger partial charge in [0, 0.05) is 18.9 Å². The van der Waals surface area contributed by atoms with Crippen LogP contribution in [0.1, 0.15) is 36.2 Å². The normalized spacial score (nSPS) is 20.8. The number of carbonyl (C=O) groups excluding carboxylic acids is 2. The Labute approximate surface area is 94.0 Å². The average Bonchev–Trinajstić information content (AvgIpc) is 2.81. The summed E-state index contributed by atoms with van der Waals surface area (Å²) in [6.07, 6.45) is 5.06. The quantitative estimate of drug-likeness (QED) is 0.846. The third-order valence-electron chi connectivity index (χ3n) is 2.94. The van der Waals surface area contributed by atoms with Crippen molar-refractivity contribution >= 4 is 11.7 Å². The highest BCUT2D eigenvalue weighted by atomic mass is 16.3. The fourth-order valence-corrected chi connectivity index (χ4v) is 1.98. The van der Waals surface area contributed by atoms with Gasteiger partial charge in [0.05, 0.1) is 6.26 Å². The van der Waals surface area contributed by atoms with Crippen molar-refractivity contribution in [1.82, 2.24) is 5.32 Å². The molecule has 1 heterocycles. The summed E-state index contributed by atoms with van der Waals surface area (Å²) in [4.78, 5) is 23.1. The van der Waals surface area contributed by atoms with E-state index in [1.54, 1.807) is 12.1 Å². The summed E-state index contributed by atoms with van der Waals surface area (Å²) < 4.78 is 4.97. The van der Waals surface area contributed by atoms with E-state index in [9.17, 15) is 9.59 Å². The second kappa shape index (κ2) is 4.96. The molecule has 0 saturated heterocycles. The van der Waals surface area contributed by atoms with Crippen LogP contribution in [0, 0.1) is 5.92 Å². The van der Waals surface area contributed by atoms with Gasteiger partial charge in [0.2, 0.25) is 0 Å². The Hall–Kier alpha value is -1.58. The lowest BCUT2D eigenvalue weighted by atomic mass is 9.88. The highest BCUT2D eigenvalue weighted by Crippen LogP contribution is 2.19. The van der Waals surface area contributed by atoms with Crippen molar-refractivity contribution < 1.29 is 14.0 Å². The van der Waals surface area contributed by atoms with E-state index in [0.29, 0.717) is 18.7 Å². The number of amides is 1. The van der Waals surface area contributed by atoms with Crippen LogP contribution in [0.15, 0.2) is 22.8 Å². The van der Waals surface area contributed by atoms with Gasteiger partial charge < -0.3 is 9.73 Å². The Bertz CT molecular complexity index is 370. The van der Waals surface area contributed by atoms with Crippen LogP contribution in [0.2, 0.25) is 0 Å². The molecule has 1 aromatic rings. The summed E-state index contributed by atoms with van der Waals surface area (Å²) >= 11 is 0. The smallest absolute Gasteiger partial charge is 0.286 e. The molecule has 1 fully saturated rings. The molecule has 2 rings (SSSR count). The van der Waals surface area contributed by atoms with Crippen molar-refractivity contribution in [2.75, 3.05) is 6.54 Å². The van der Waals surface area contributed by atoms with Crippen molar-refractivity contribution in [2.24, 2.45) is 5.92 Å². The number of Topliss-reactive ketones (excluding diaryl/α,β-unsaturated/α-hetero) is 1. The van der Waals surface area contributed by atoms with Crippen LogP contribution in [0.5, 0.6) is 0 Å². The van der Waals surface area contributed by atoms with Gasteiger partial charge in [-0.2, -0.15) is 0 Å². The van der Waals surface area contributed by atoms with E-state index in [2.05, 4.69) is 5.32 Å². The Morgan fingerprint density at radius 2 is 2.38 bits per heavy atom. The molecule has 4 nitrogen and oxygen atoms in total. The summed E-state index contributed by atoms with van der Waals surface area (Å²) in [5.41, 5.74) is 0. The Morgan fingerprint density at radius 3 is 3.06 bits per heavy atom. The molecule has 1 aromatic heterocycles. The molecule has 0 aliphatic heterocycles. The minimum absolute atomic E-state index is 0.00679. The zero-order valence-corrected chi connectivity index (χ0v) is 9.07. The Morgan fingerprint density at radius 1 is 1.50 bits per heavy atom. The third-order valence-corrected chi connectivity index (χ3v) is 2.94. The van der Waals surface area contributed by atoms with Crippen LogP contribution in [0.4, 0.5) is 0 Å². The fourth-order valence-electron chi connectivity index (χ4n) is 1.98. The van der Waals surface area contributed by atoms with E-state index in [1.807, 2.05) is 0 Å². The van der Waals surface area contributed by atoms with E-state index in [4.69, 9.17) is 4.42 Å². The maximum Gasteiger partial charge on any atom is 0.286 e. The molecule has 1 unspecified atom stereocenters. The number of ketones is 1. The van der Waals surface area contributed by atoms with E-state index in [-0.39, 0.29) is 17.6 Å². The standard InChI is InChI=1S/C12H15NO3/c14-10-5-2-1-4-9(10)8-13-12(15)11-6-3-7-16-11/h3,6-7,9H,1-2,4-5,8H2,(H,13,15). The zero-order valence-electron chi connectivity index (χ0n) is 9.07. The van der Waals surface area contributed by atoms with Gasteiger partial charge in [-0.25, -0.2) is 0 Å². The van der Waals surface area contributed by atoms with Crippen LogP contribution in [-0.4, -0.2) is 18.2 Å². The number of carbonyl (C=O) groups is 2. The van der Waals surface area contributed by atoms with Gasteiger partial charge in [-0.15, -0.1) is 0 Å². The van der Waals surface area contributed by atoms with Crippen molar-refractivity contribution in [3.63, 3.8) is 0 Å². The molecule has 1 aliphatic carbocycles. The summed E-state index contributed by atoms with van der Waals surface area (Å²) in [6.45, 7) is 0.429. The van der Waals surface area contributed by atoms with E-state index in [0.717, 1.165) is 19.3 Å². The average molecular weight is 221 g/mol. The summed E-state index contributed by atoms with van der Waals surface area (Å²) in [5.74, 6) is 0.310. The SMILES string of the molecule is O=C(NCC1CCCCC1=O)c1ccco1. The number of rotatable bonds is 3. The van der Waals surface area contributed by atoms with E-state index < -0.39 is 0 Å². The van der Waals surface area contributed by atoms with Crippen LogP contribution >= 0.6 is 0 Å². The van der Waals surface area contributed by atoms with Gasteiger partial charge in [0.15, 0.2) is 5.76 Å². The van der Waals surface area contributed by atoms with Gasteiger partial charge in [-0.3, -0.25) is 9.59 Å². The summed E-state index contributed by atoms with van der Waals surface area (Å²) in [6, 6.07) is 3.28. The first kappa shape index (κ1) is 10.9. The van der Waals surface area contributed by atoms with E-state index in [1.165, 1.54) is 6.26 Å². The maximum atomic E-state index is 11.5. The molecule has 1 N–H and O–H groups in total. The lowest BCUT2D eigenvalue weighted by Crippen LogP contribution is -2.34. The van der Waals surface area contributed by atoms with Crippen molar-refractivity contribution in [3.8, 4) is 0 Å². The first-order valence-electron chi connectivity index (χ1n) is 5.62. The highest BCUT2D eigenvalue weighted by Gasteiger charge is 2.22. The second-order valence-corrected chi connectivity index (χ2v) is 4.10. The lowest BCUT2D eigenvalue weighted by Gasteiger charge is -2.20. The van der Waals surface area contributed by atoms with Crippen molar-refractivity contribution in [3.05, 3.63) is 24.2 Å². The maximum absolute atomic E-state index is 11.5. The minimum atomic E-state index is -0.247. The Kier molecular flexibility index (Phi) is 3.39. The van der Waals surface area contributed by atoms with Crippen LogP contribution in [-0.2, 0) is 4.79 Å². The highest BCUT2D eigenvalue weighted by molar-refractivity contribution is 5.92. The number of hydrogen-bond donors (Lipinski definition) is 1. The molecule has 0 spiro atoms. The second-order valence-electron chi connectivity index (χ2n) is 4.10. The largest absolute Gasteiger partial charge is 0.459 e. The van der Waals surface area contributed by atoms with Gasteiger partial charge in [-0.05, 0) is 25.0 Å². The lowest BCUT2D eigenvalue weighted by molar-refractivity contribution is -0.124. The zero-order chi connectivity index (χ0) is 11.4. The van der Waals surface area contributed by atoms with Crippen molar-refractivity contribution in [1.29, 1.82) is 0 Å². The number of furan rings is 1. The molecular formula is C12H15NO3. The predicted octanol–water partition coefficient (Wildman–Crippen LogP) is 1.77.